The summed E-state index contributed by atoms with van der Waals surface area (Å²) >= 11 is 0. The number of hydrogen-bond donors (Lipinski definition) is 0. The summed E-state index contributed by atoms with van der Waals surface area (Å²) in [4.78, 5) is 24.2. The third-order valence-electron chi connectivity index (χ3n) is 10.5. The van der Waals surface area contributed by atoms with Crippen molar-refractivity contribution in [3.63, 3.8) is 0 Å². The minimum absolute atomic E-state index is 0.0946. The van der Waals surface area contributed by atoms with Crippen molar-refractivity contribution in [2.24, 2.45) is 29.1 Å². The highest BCUT2D eigenvalue weighted by Gasteiger charge is 2.67. The Balaban J connectivity index is 1.46. The number of ketones is 2. The minimum atomic E-state index is -0.168. The molecule has 0 aromatic heterocycles. The highest BCUT2D eigenvalue weighted by Crippen LogP contribution is 2.71. The molecule has 1 aromatic rings. The summed E-state index contributed by atoms with van der Waals surface area (Å²) in [6.45, 7) is 9.48. The quantitative estimate of drug-likeness (QED) is 0.389. The van der Waals surface area contributed by atoms with E-state index in [1.54, 1.807) is 6.92 Å². The molecule has 0 amide bonds. The second-order valence-corrected chi connectivity index (χ2v) is 11.7. The van der Waals surface area contributed by atoms with Crippen molar-refractivity contribution < 1.29 is 14.3 Å². The van der Waals surface area contributed by atoms with E-state index in [2.05, 4.69) is 25.6 Å². The zero-order chi connectivity index (χ0) is 23.0. The van der Waals surface area contributed by atoms with Crippen LogP contribution < -0.4 is 0 Å². The van der Waals surface area contributed by atoms with Crippen LogP contribution in [-0.4, -0.2) is 23.8 Å². The Morgan fingerprint density at radius 2 is 1.85 bits per heavy atom. The maximum absolute atomic E-state index is 12.2. The lowest BCUT2D eigenvalue weighted by Crippen LogP contribution is -2.55. The molecule has 1 heterocycles. The standard InChI is InChI=1S/C30H36O3/c1-18-13-15-33-30(18)14-12-27-25-10-8-22-16-23(32)9-11-24(22)28(25)26(17-29(27,30)3)21-6-4-20(5-7-21)19(2)31/h4-7,16,24-28H,1,8-15,17H2,2-3H3/t24-,25-,26+,27-,28+,29-,30-/m0/s1. The van der Waals surface area contributed by atoms with E-state index in [0.29, 0.717) is 41.8 Å². The van der Waals surface area contributed by atoms with Crippen LogP contribution in [0.5, 0.6) is 0 Å². The first kappa shape index (κ1) is 21.5. The van der Waals surface area contributed by atoms with E-state index in [9.17, 15) is 9.59 Å². The largest absolute Gasteiger partial charge is 0.370 e. The van der Waals surface area contributed by atoms with Crippen LogP contribution >= 0.6 is 0 Å². The zero-order valence-corrected chi connectivity index (χ0v) is 20.1. The highest BCUT2D eigenvalue weighted by molar-refractivity contribution is 5.94. The van der Waals surface area contributed by atoms with Crippen LogP contribution in [0.1, 0.15) is 87.1 Å². The fourth-order valence-corrected chi connectivity index (χ4v) is 9.07. The Kier molecular flexibility index (Phi) is 4.89. The van der Waals surface area contributed by atoms with Crippen molar-refractivity contribution in [1.82, 2.24) is 0 Å². The third kappa shape index (κ3) is 2.97. The summed E-state index contributed by atoms with van der Waals surface area (Å²) in [5.41, 5.74) is 4.80. The van der Waals surface area contributed by atoms with Gasteiger partial charge < -0.3 is 4.74 Å². The summed E-state index contributed by atoms with van der Waals surface area (Å²) in [5, 5.41) is 0. The van der Waals surface area contributed by atoms with Gasteiger partial charge in [-0.25, -0.2) is 0 Å². The molecule has 6 rings (SSSR count). The number of rotatable bonds is 2. The number of ether oxygens (including phenoxy) is 1. The summed E-state index contributed by atoms with van der Waals surface area (Å²) in [7, 11) is 0. The predicted octanol–water partition coefficient (Wildman–Crippen LogP) is 6.44. The molecule has 0 bridgehead atoms. The Morgan fingerprint density at radius 3 is 2.55 bits per heavy atom. The summed E-state index contributed by atoms with van der Waals surface area (Å²) in [6, 6.07) is 8.45. The van der Waals surface area contributed by atoms with Gasteiger partial charge in [-0.2, -0.15) is 0 Å². The van der Waals surface area contributed by atoms with Crippen molar-refractivity contribution in [1.29, 1.82) is 0 Å². The molecule has 5 aliphatic rings. The SMILES string of the molecule is C=C1CCO[C@@]12CC[C@H]1[C@@H]3CCC4=CC(=O)CC[C@@H]4[C@H]3[C@@H](c3ccc(C(C)=O)cc3)C[C@@]12C. The van der Waals surface area contributed by atoms with E-state index >= 15 is 0 Å². The number of benzene rings is 1. The van der Waals surface area contributed by atoms with Crippen molar-refractivity contribution in [3.8, 4) is 0 Å². The van der Waals surface area contributed by atoms with Gasteiger partial charge in [0.2, 0.25) is 0 Å². The molecule has 33 heavy (non-hydrogen) atoms. The average Bonchev–Trinajstić information content (AvgIpc) is 3.33. The molecule has 0 radical (unpaired) electrons. The van der Waals surface area contributed by atoms with Crippen molar-refractivity contribution >= 4 is 11.6 Å². The van der Waals surface area contributed by atoms with Crippen LogP contribution in [0, 0.1) is 29.1 Å². The van der Waals surface area contributed by atoms with E-state index in [0.717, 1.165) is 44.3 Å². The van der Waals surface area contributed by atoms with E-state index in [4.69, 9.17) is 4.74 Å². The van der Waals surface area contributed by atoms with Gasteiger partial charge in [0.1, 0.15) is 0 Å². The molecule has 1 spiro atoms. The molecule has 3 heteroatoms. The molecule has 3 saturated carbocycles. The molecule has 3 nitrogen and oxygen atoms in total. The first-order chi connectivity index (χ1) is 15.8. The number of Topliss-reactive ketones (excluding diaryl/α,β-unsaturated/α-hetero) is 1. The molecule has 7 atom stereocenters. The first-order valence-corrected chi connectivity index (χ1v) is 13.0. The number of carbonyl (C=O) groups excluding carboxylic acids is 2. The van der Waals surface area contributed by atoms with Gasteiger partial charge in [-0.05, 0) is 98.7 Å². The Bertz CT molecular complexity index is 1050. The van der Waals surface area contributed by atoms with Gasteiger partial charge in [0.15, 0.2) is 11.6 Å². The molecule has 1 aromatic carbocycles. The Labute approximate surface area is 197 Å². The molecule has 1 aliphatic heterocycles. The van der Waals surface area contributed by atoms with Crippen LogP contribution in [0.3, 0.4) is 0 Å². The van der Waals surface area contributed by atoms with Gasteiger partial charge >= 0.3 is 0 Å². The van der Waals surface area contributed by atoms with E-state index in [1.165, 1.54) is 29.6 Å². The van der Waals surface area contributed by atoms with Gasteiger partial charge in [0, 0.05) is 17.4 Å². The molecular weight excluding hydrogens is 408 g/mol. The van der Waals surface area contributed by atoms with Gasteiger partial charge in [-0.15, -0.1) is 0 Å². The molecule has 0 unspecified atom stereocenters. The topological polar surface area (TPSA) is 43.4 Å². The monoisotopic (exact) mass is 444 g/mol. The van der Waals surface area contributed by atoms with Crippen LogP contribution in [0.25, 0.3) is 0 Å². The number of hydrogen-bond acceptors (Lipinski definition) is 3. The summed E-state index contributed by atoms with van der Waals surface area (Å²) in [6.07, 6.45) is 10.4. The normalized spacial score (nSPS) is 42.0. The van der Waals surface area contributed by atoms with E-state index in [1.807, 2.05) is 18.2 Å². The Hall–Kier alpha value is -2.00. The van der Waals surface area contributed by atoms with E-state index in [-0.39, 0.29) is 16.8 Å². The number of carbonyl (C=O) groups is 2. The molecule has 174 valence electrons. The predicted molar refractivity (Wildman–Crippen MR) is 129 cm³/mol. The second kappa shape index (κ2) is 7.50. The number of fused-ring (bicyclic) bond motifs is 6. The number of allylic oxidation sites excluding steroid dienone is 1. The first-order valence-electron chi connectivity index (χ1n) is 13.0. The van der Waals surface area contributed by atoms with Crippen molar-refractivity contribution in [2.45, 2.75) is 76.7 Å². The lowest BCUT2D eigenvalue weighted by atomic mass is 9.46. The van der Waals surface area contributed by atoms with Gasteiger partial charge in [0.05, 0.1) is 12.2 Å². The third-order valence-corrected chi connectivity index (χ3v) is 10.5. The second-order valence-electron chi connectivity index (χ2n) is 11.7. The molecular formula is C30H36O3. The molecule has 4 aliphatic carbocycles. The van der Waals surface area contributed by atoms with Crippen LogP contribution in [0.4, 0.5) is 0 Å². The van der Waals surface area contributed by atoms with Crippen LogP contribution in [0.15, 0.2) is 48.1 Å². The fraction of sp³-hybridized carbons (Fsp3) is 0.600. The van der Waals surface area contributed by atoms with Gasteiger partial charge in [-0.1, -0.05) is 43.3 Å². The smallest absolute Gasteiger partial charge is 0.159 e. The van der Waals surface area contributed by atoms with Crippen LogP contribution in [-0.2, 0) is 9.53 Å². The Morgan fingerprint density at radius 1 is 1.06 bits per heavy atom. The fourth-order valence-electron chi connectivity index (χ4n) is 9.07. The minimum Gasteiger partial charge on any atom is -0.370 e. The maximum Gasteiger partial charge on any atom is 0.159 e. The van der Waals surface area contributed by atoms with Gasteiger partial charge in [-0.3, -0.25) is 9.59 Å². The van der Waals surface area contributed by atoms with Crippen molar-refractivity contribution in [3.05, 3.63) is 59.2 Å². The van der Waals surface area contributed by atoms with Gasteiger partial charge in [0.25, 0.3) is 0 Å². The van der Waals surface area contributed by atoms with Crippen molar-refractivity contribution in [2.75, 3.05) is 6.61 Å². The zero-order valence-electron chi connectivity index (χ0n) is 20.1. The average molecular weight is 445 g/mol. The summed E-state index contributed by atoms with van der Waals surface area (Å²) in [5.74, 6) is 3.27. The summed E-state index contributed by atoms with van der Waals surface area (Å²) < 4.78 is 6.62. The lowest BCUT2D eigenvalue weighted by Gasteiger charge is -2.59. The molecule has 4 fully saturated rings. The van der Waals surface area contributed by atoms with E-state index < -0.39 is 0 Å². The molecule has 0 N–H and O–H groups in total. The van der Waals surface area contributed by atoms with Crippen LogP contribution in [0.2, 0.25) is 0 Å². The lowest BCUT2D eigenvalue weighted by molar-refractivity contribution is -0.122. The maximum atomic E-state index is 12.2. The highest BCUT2D eigenvalue weighted by atomic mass is 16.5. The molecule has 1 saturated heterocycles.